The lowest BCUT2D eigenvalue weighted by molar-refractivity contribution is 0.434. The van der Waals surface area contributed by atoms with Gasteiger partial charge in [0.15, 0.2) is 0 Å². The van der Waals surface area contributed by atoms with Gasteiger partial charge in [0.2, 0.25) is 0 Å². The number of hydrogen-bond acceptors (Lipinski definition) is 0. The minimum absolute atomic E-state index is 0.222. The molecule has 0 N–H and O–H groups in total. The first-order chi connectivity index (χ1) is 8.34. The Hall–Kier alpha value is 0.120. The summed E-state index contributed by atoms with van der Waals surface area (Å²) < 4.78 is 0. The van der Waals surface area contributed by atoms with Crippen LogP contribution in [0.2, 0.25) is 20.1 Å². The third kappa shape index (κ3) is 1.59. The van der Waals surface area contributed by atoms with E-state index in [-0.39, 0.29) is 5.41 Å². The molecular weight excluding hydrogens is 310 g/mol. The highest BCUT2D eigenvalue weighted by atomic mass is 35.5. The molecule has 96 valence electrons. The van der Waals surface area contributed by atoms with E-state index in [1.54, 1.807) is 0 Å². The van der Waals surface area contributed by atoms with Crippen LogP contribution in [0.4, 0.5) is 0 Å². The van der Waals surface area contributed by atoms with Crippen LogP contribution in [-0.4, -0.2) is 0 Å². The van der Waals surface area contributed by atoms with Crippen LogP contribution in [0.5, 0.6) is 0 Å². The minimum atomic E-state index is 0.222. The molecule has 0 atom stereocenters. The van der Waals surface area contributed by atoms with E-state index in [0.29, 0.717) is 20.1 Å². The molecule has 0 fully saturated rings. The first-order valence-corrected chi connectivity index (χ1v) is 7.43. The molecule has 0 heterocycles. The van der Waals surface area contributed by atoms with E-state index in [0.717, 1.165) is 30.4 Å². The summed E-state index contributed by atoms with van der Waals surface area (Å²) in [5.41, 5.74) is 5.09. The van der Waals surface area contributed by atoms with Gasteiger partial charge >= 0.3 is 0 Å². The van der Waals surface area contributed by atoms with E-state index in [1.165, 1.54) is 11.1 Å². The van der Waals surface area contributed by atoms with Crippen molar-refractivity contribution in [3.63, 3.8) is 0 Å². The Bertz CT molecular complexity index is 597. The van der Waals surface area contributed by atoms with E-state index in [2.05, 4.69) is 13.8 Å². The highest BCUT2D eigenvalue weighted by molar-refractivity contribution is 6.52. The fourth-order valence-electron chi connectivity index (χ4n) is 3.10. The fraction of sp³-hybridized carbons (Fsp3) is 0.429. The van der Waals surface area contributed by atoms with Gasteiger partial charge in [0.1, 0.15) is 0 Å². The van der Waals surface area contributed by atoms with E-state index >= 15 is 0 Å². The first kappa shape index (κ1) is 13.1. The molecule has 18 heavy (non-hydrogen) atoms. The zero-order valence-electron chi connectivity index (χ0n) is 10.1. The standard InChI is InChI=1S/C14H12Cl4/c1-14(2)4-3-6-8(14)5-7-9(6)11(16)13(18)12(17)10(7)15/h3-5H2,1-2H3. The number of benzene rings is 1. The third-order valence-corrected chi connectivity index (χ3v) is 6.04. The molecule has 0 radical (unpaired) electrons. The smallest absolute Gasteiger partial charge is 0.0800 e. The summed E-state index contributed by atoms with van der Waals surface area (Å²) in [5, 5.41) is 1.87. The Morgan fingerprint density at radius 3 is 2.17 bits per heavy atom. The zero-order valence-corrected chi connectivity index (χ0v) is 13.2. The van der Waals surface area contributed by atoms with Crippen molar-refractivity contribution in [2.75, 3.05) is 0 Å². The molecule has 2 aliphatic rings. The maximum absolute atomic E-state index is 6.37. The van der Waals surface area contributed by atoms with Crippen molar-refractivity contribution < 1.29 is 0 Å². The average Bonchev–Trinajstić information content (AvgIpc) is 2.83. The maximum Gasteiger partial charge on any atom is 0.0800 e. The van der Waals surface area contributed by atoms with Crippen molar-refractivity contribution in [1.29, 1.82) is 0 Å². The Kier molecular flexibility index (Phi) is 2.96. The Morgan fingerprint density at radius 2 is 1.50 bits per heavy atom. The van der Waals surface area contributed by atoms with Gasteiger partial charge in [0.25, 0.3) is 0 Å². The van der Waals surface area contributed by atoms with Crippen molar-refractivity contribution in [3.8, 4) is 0 Å². The maximum atomic E-state index is 6.37. The molecule has 1 aromatic rings. The predicted molar refractivity (Wildman–Crippen MR) is 80.1 cm³/mol. The normalized spacial score (nSPS) is 20.3. The Morgan fingerprint density at radius 1 is 0.889 bits per heavy atom. The lowest BCUT2D eigenvalue weighted by atomic mass is 9.84. The lowest BCUT2D eigenvalue weighted by Gasteiger charge is -2.21. The molecule has 0 saturated heterocycles. The van der Waals surface area contributed by atoms with Crippen molar-refractivity contribution >= 4 is 52.0 Å². The number of hydrogen-bond donors (Lipinski definition) is 0. The Balaban J connectivity index is 2.29. The number of fused-ring (bicyclic) bond motifs is 2. The largest absolute Gasteiger partial charge is 0.0823 e. The summed E-state index contributed by atoms with van der Waals surface area (Å²) in [6.45, 7) is 4.54. The van der Waals surface area contributed by atoms with Crippen LogP contribution < -0.4 is 0 Å². The summed E-state index contributed by atoms with van der Waals surface area (Å²) in [7, 11) is 0. The van der Waals surface area contributed by atoms with Gasteiger partial charge in [0.05, 0.1) is 20.1 Å². The predicted octanol–water partition coefficient (Wildman–Crippen LogP) is 6.43. The molecule has 0 aromatic heterocycles. The average molecular weight is 322 g/mol. The second-order valence-corrected chi connectivity index (χ2v) is 7.14. The molecule has 0 nitrogen and oxygen atoms in total. The molecule has 0 bridgehead atoms. The highest BCUT2D eigenvalue weighted by Crippen LogP contribution is 2.57. The van der Waals surface area contributed by atoms with Crippen LogP contribution in [-0.2, 0) is 6.42 Å². The van der Waals surface area contributed by atoms with Gasteiger partial charge < -0.3 is 0 Å². The molecule has 4 heteroatoms. The fourth-order valence-corrected chi connectivity index (χ4v) is 4.18. The second kappa shape index (κ2) is 4.06. The Labute approximate surface area is 127 Å². The molecule has 3 rings (SSSR count). The van der Waals surface area contributed by atoms with Gasteiger partial charge in [-0.05, 0) is 35.8 Å². The van der Waals surface area contributed by atoms with Gasteiger partial charge in [-0.15, -0.1) is 0 Å². The van der Waals surface area contributed by atoms with Crippen LogP contribution >= 0.6 is 46.4 Å². The van der Waals surface area contributed by atoms with Gasteiger partial charge in [0, 0.05) is 5.56 Å². The molecule has 2 aliphatic carbocycles. The summed E-state index contributed by atoms with van der Waals surface area (Å²) in [6.07, 6.45) is 3.06. The van der Waals surface area contributed by atoms with Gasteiger partial charge in [-0.3, -0.25) is 0 Å². The number of allylic oxidation sites excluding steroid dienone is 2. The number of halogens is 4. The summed E-state index contributed by atoms with van der Waals surface area (Å²) in [6, 6.07) is 0. The van der Waals surface area contributed by atoms with Crippen molar-refractivity contribution in [1.82, 2.24) is 0 Å². The van der Waals surface area contributed by atoms with E-state index < -0.39 is 0 Å². The van der Waals surface area contributed by atoms with Crippen LogP contribution in [0.25, 0.3) is 5.57 Å². The molecule has 1 aromatic carbocycles. The van der Waals surface area contributed by atoms with E-state index in [9.17, 15) is 0 Å². The molecule has 0 unspecified atom stereocenters. The molecule has 0 amide bonds. The lowest BCUT2D eigenvalue weighted by Crippen LogP contribution is -2.10. The second-order valence-electron chi connectivity index (χ2n) is 5.63. The summed E-state index contributed by atoms with van der Waals surface area (Å²) in [5.74, 6) is 0. The summed E-state index contributed by atoms with van der Waals surface area (Å²) in [4.78, 5) is 0. The highest BCUT2D eigenvalue weighted by Gasteiger charge is 2.40. The third-order valence-electron chi connectivity index (χ3n) is 4.20. The van der Waals surface area contributed by atoms with Crippen molar-refractivity contribution in [2.45, 2.75) is 33.1 Å². The topological polar surface area (TPSA) is 0 Å². The SMILES string of the molecule is CC1(C)CCC2=C1Cc1c(Cl)c(Cl)c(Cl)c(Cl)c12. The molecular formula is C14H12Cl4. The van der Waals surface area contributed by atoms with Gasteiger partial charge in [-0.1, -0.05) is 65.8 Å². The molecule has 0 spiro atoms. The summed E-state index contributed by atoms with van der Waals surface area (Å²) >= 11 is 25.0. The van der Waals surface area contributed by atoms with Crippen LogP contribution in [0.3, 0.4) is 0 Å². The van der Waals surface area contributed by atoms with Crippen LogP contribution in [0, 0.1) is 5.41 Å². The van der Waals surface area contributed by atoms with Crippen molar-refractivity contribution in [3.05, 3.63) is 36.8 Å². The number of rotatable bonds is 0. The molecule has 0 saturated carbocycles. The monoisotopic (exact) mass is 320 g/mol. The first-order valence-electron chi connectivity index (χ1n) is 5.92. The van der Waals surface area contributed by atoms with E-state index in [1.807, 2.05) is 0 Å². The minimum Gasteiger partial charge on any atom is -0.0823 e. The van der Waals surface area contributed by atoms with Crippen LogP contribution in [0.1, 0.15) is 37.8 Å². The van der Waals surface area contributed by atoms with Gasteiger partial charge in [-0.2, -0.15) is 0 Å². The molecule has 0 aliphatic heterocycles. The van der Waals surface area contributed by atoms with Gasteiger partial charge in [-0.25, -0.2) is 0 Å². The van der Waals surface area contributed by atoms with Crippen molar-refractivity contribution in [2.24, 2.45) is 5.41 Å². The quantitative estimate of drug-likeness (QED) is 0.381. The zero-order chi connectivity index (χ0) is 13.2. The van der Waals surface area contributed by atoms with E-state index in [4.69, 9.17) is 46.4 Å². The van der Waals surface area contributed by atoms with Crippen LogP contribution in [0.15, 0.2) is 5.57 Å².